The van der Waals surface area contributed by atoms with Gasteiger partial charge in [-0.1, -0.05) is 12.1 Å². The highest BCUT2D eigenvalue weighted by molar-refractivity contribution is 5.95. The minimum Gasteiger partial charge on any atom is -0.480 e. The van der Waals surface area contributed by atoms with Gasteiger partial charge in [0.1, 0.15) is 11.5 Å². The predicted octanol–water partition coefficient (Wildman–Crippen LogP) is 1.23. The van der Waals surface area contributed by atoms with Crippen molar-refractivity contribution in [1.82, 2.24) is 10.2 Å². The number of aliphatic carboxylic acids is 1. The molecule has 0 unspecified atom stereocenters. The lowest BCUT2D eigenvalue weighted by molar-refractivity contribution is -0.142. The van der Waals surface area contributed by atoms with Crippen molar-refractivity contribution in [3.8, 4) is 6.07 Å². The van der Waals surface area contributed by atoms with Gasteiger partial charge >= 0.3 is 5.97 Å². The van der Waals surface area contributed by atoms with Gasteiger partial charge in [-0.25, -0.2) is 0 Å². The highest BCUT2D eigenvalue weighted by Crippen LogP contribution is 2.48. The average molecular weight is 530 g/mol. The van der Waals surface area contributed by atoms with Crippen LogP contribution in [-0.2, 0) is 27.8 Å². The molecule has 3 amide bonds. The first-order valence-corrected chi connectivity index (χ1v) is 13.1. The van der Waals surface area contributed by atoms with Crippen LogP contribution >= 0.6 is 0 Å². The molecule has 39 heavy (non-hydrogen) atoms. The van der Waals surface area contributed by atoms with E-state index in [9.17, 15) is 29.5 Å². The number of hydrogen-bond acceptors (Lipinski definition) is 6. The highest BCUT2D eigenvalue weighted by atomic mass is 16.4. The number of carbonyl (C=O) groups excluding carboxylic acids is 3. The van der Waals surface area contributed by atoms with Crippen molar-refractivity contribution in [2.24, 2.45) is 17.4 Å². The van der Waals surface area contributed by atoms with E-state index < -0.39 is 35.3 Å². The summed E-state index contributed by atoms with van der Waals surface area (Å²) in [4.78, 5) is 51.8. The van der Waals surface area contributed by atoms with Crippen molar-refractivity contribution >= 4 is 23.7 Å². The van der Waals surface area contributed by atoms with E-state index in [0.717, 1.165) is 6.42 Å². The second-order valence-corrected chi connectivity index (χ2v) is 10.9. The van der Waals surface area contributed by atoms with E-state index in [1.54, 1.807) is 29.2 Å². The van der Waals surface area contributed by atoms with Gasteiger partial charge in [0.05, 0.1) is 12.6 Å². The van der Waals surface area contributed by atoms with E-state index in [2.05, 4.69) is 11.4 Å². The van der Waals surface area contributed by atoms with Crippen LogP contribution in [0.4, 0.5) is 0 Å². The Morgan fingerprint density at radius 1 is 1.05 bits per heavy atom. The van der Waals surface area contributed by atoms with Gasteiger partial charge < -0.3 is 26.8 Å². The molecule has 0 spiro atoms. The summed E-state index contributed by atoms with van der Waals surface area (Å²) < 4.78 is 0. The number of amides is 3. The first-order valence-electron chi connectivity index (χ1n) is 13.1. The van der Waals surface area contributed by atoms with Crippen molar-refractivity contribution in [3.63, 3.8) is 0 Å². The number of carboxylic acids is 1. The first-order chi connectivity index (χ1) is 18.6. The molecule has 0 aromatic heterocycles. The Labute approximate surface area is 225 Å². The molecule has 202 valence electrons. The minimum absolute atomic E-state index is 0.0147. The van der Waals surface area contributed by atoms with Crippen LogP contribution < -0.4 is 16.8 Å². The molecule has 1 saturated carbocycles. The van der Waals surface area contributed by atoms with Gasteiger partial charge in [0, 0.05) is 23.2 Å². The number of fused-ring (bicyclic) bond motifs is 3. The number of rotatable bonds is 8. The number of nitrogens with two attached hydrogens (primary N) is 2. The molecule has 2 aromatic carbocycles. The summed E-state index contributed by atoms with van der Waals surface area (Å²) >= 11 is 0. The maximum atomic E-state index is 13.3. The summed E-state index contributed by atoms with van der Waals surface area (Å²) in [6.07, 6.45) is 2.60. The van der Waals surface area contributed by atoms with Crippen molar-refractivity contribution < 1.29 is 24.3 Å². The van der Waals surface area contributed by atoms with Crippen LogP contribution in [0.1, 0.15) is 69.2 Å². The Kier molecular flexibility index (Phi) is 6.64. The monoisotopic (exact) mass is 529 g/mol. The predicted molar refractivity (Wildman–Crippen MR) is 141 cm³/mol. The van der Waals surface area contributed by atoms with E-state index >= 15 is 0 Å². The molecule has 4 atom stereocenters. The largest absolute Gasteiger partial charge is 0.480 e. The lowest BCUT2D eigenvalue weighted by Crippen LogP contribution is -2.48. The Balaban J connectivity index is 1.50. The zero-order chi connectivity index (χ0) is 28.1. The lowest BCUT2D eigenvalue weighted by Gasteiger charge is -2.35. The third-order valence-corrected chi connectivity index (χ3v) is 8.48. The molecule has 5 rings (SSSR count). The van der Waals surface area contributed by atoms with Gasteiger partial charge in [0.2, 0.25) is 17.7 Å². The van der Waals surface area contributed by atoms with Crippen molar-refractivity contribution in [2.45, 2.75) is 62.6 Å². The molecule has 0 radical (unpaired) electrons. The quantitative estimate of drug-likeness (QED) is 0.397. The summed E-state index contributed by atoms with van der Waals surface area (Å²) in [5.41, 5.74) is 12.5. The van der Waals surface area contributed by atoms with Crippen LogP contribution in [0.15, 0.2) is 36.4 Å². The second-order valence-electron chi connectivity index (χ2n) is 10.9. The Morgan fingerprint density at radius 2 is 1.62 bits per heavy atom. The van der Waals surface area contributed by atoms with Gasteiger partial charge in [-0.05, 0) is 91.5 Å². The average Bonchev–Trinajstić information content (AvgIpc) is 3.60. The maximum absolute atomic E-state index is 13.3. The van der Waals surface area contributed by atoms with E-state index in [1.165, 1.54) is 12.1 Å². The minimum atomic E-state index is -1.53. The van der Waals surface area contributed by atoms with Crippen LogP contribution in [0.25, 0.3) is 0 Å². The standard InChI is InChI=1S/C29H31N5O5/c1-15(33-14-25(35)34-21(13-30)10-20-11-24(20)34)12-29(28(38)39)22-6-4-18(26(31)36)8-16(22)2-3-17-9-19(27(32)37)5-7-23(17)29/h4-9,15,20-21,24,33H,2-3,10-12,14H2,1H3,(H2,31,36)(H2,32,37)(H,38,39)/t15-,20-,21+,24+/m1/s1. The van der Waals surface area contributed by atoms with Crippen LogP contribution in [-0.4, -0.2) is 58.4 Å². The zero-order valence-electron chi connectivity index (χ0n) is 21.6. The number of carboxylic acid groups (broad SMARTS) is 1. The van der Waals surface area contributed by atoms with E-state index in [0.29, 0.717) is 47.4 Å². The van der Waals surface area contributed by atoms with Gasteiger partial charge in [-0.3, -0.25) is 19.2 Å². The number of likely N-dealkylation sites (tertiary alicyclic amines) is 1. The molecule has 3 aliphatic rings. The van der Waals surface area contributed by atoms with Crippen LogP contribution in [0, 0.1) is 17.2 Å². The molecule has 2 aliphatic carbocycles. The smallest absolute Gasteiger partial charge is 0.318 e. The van der Waals surface area contributed by atoms with Gasteiger partial charge in [-0.15, -0.1) is 0 Å². The van der Waals surface area contributed by atoms with Crippen molar-refractivity contribution in [2.75, 3.05) is 6.54 Å². The van der Waals surface area contributed by atoms with E-state index in [-0.39, 0.29) is 36.0 Å². The summed E-state index contributed by atoms with van der Waals surface area (Å²) in [7, 11) is 0. The molecule has 6 N–H and O–H groups in total. The van der Waals surface area contributed by atoms with Crippen LogP contribution in [0.5, 0.6) is 0 Å². The number of aryl methyl sites for hydroxylation is 2. The van der Waals surface area contributed by atoms with Crippen LogP contribution in [0.3, 0.4) is 0 Å². The molecule has 1 saturated heterocycles. The topological polar surface area (TPSA) is 180 Å². The zero-order valence-corrected chi connectivity index (χ0v) is 21.6. The summed E-state index contributed by atoms with van der Waals surface area (Å²) in [5.74, 6) is -2.07. The van der Waals surface area contributed by atoms with E-state index in [4.69, 9.17) is 11.5 Å². The fraction of sp³-hybridized carbons (Fsp3) is 0.414. The molecule has 10 heteroatoms. The number of nitriles is 1. The molecule has 0 bridgehead atoms. The van der Waals surface area contributed by atoms with Crippen molar-refractivity contribution in [3.05, 3.63) is 69.8 Å². The number of hydrogen-bond donors (Lipinski definition) is 4. The molecular formula is C29H31N5O5. The highest BCUT2D eigenvalue weighted by Gasteiger charge is 2.54. The SMILES string of the molecule is C[C@H](CC1(C(=O)O)c2ccc(C(N)=O)cc2CCc2cc(C(N)=O)ccc21)NCC(=O)N1[C@H](C#N)C[C@@H]2C[C@@H]21. The number of nitrogens with one attached hydrogen (secondary N) is 1. The number of piperidine rings is 1. The fourth-order valence-electron chi connectivity index (χ4n) is 6.51. The summed E-state index contributed by atoms with van der Waals surface area (Å²) in [6, 6.07) is 11.1. The normalized spacial score (nSPS) is 22.9. The third kappa shape index (κ3) is 4.53. The molecule has 10 nitrogen and oxygen atoms in total. The van der Waals surface area contributed by atoms with Gasteiger partial charge in [0.15, 0.2) is 0 Å². The molecule has 2 fully saturated rings. The summed E-state index contributed by atoms with van der Waals surface area (Å²) in [5, 5.41) is 23.5. The number of nitrogens with zero attached hydrogens (tertiary/aromatic N) is 2. The van der Waals surface area contributed by atoms with Crippen LogP contribution in [0.2, 0.25) is 0 Å². The fourth-order valence-corrected chi connectivity index (χ4v) is 6.51. The lowest BCUT2D eigenvalue weighted by atomic mass is 9.68. The molecule has 2 aromatic rings. The number of benzene rings is 2. The third-order valence-electron chi connectivity index (χ3n) is 8.48. The molecular weight excluding hydrogens is 498 g/mol. The summed E-state index contributed by atoms with van der Waals surface area (Å²) in [6.45, 7) is 1.81. The Hall–Kier alpha value is -4.23. The van der Waals surface area contributed by atoms with Gasteiger partial charge in [0.25, 0.3) is 0 Å². The number of carbonyl (C=O) groups is 4. The van der Waals surface area contributed by atoms with Crippen molar-refractivity contribution in [1.29, 1.82) is 5.26 Å². The molecule has 1 heterocycles. The molecule has 1 aliphatic heterocycles. The number of primary amides is 2. The first kappa shape index (κ1) is 26.4. The Bertz CT molecular complexity index is 1360. The van der Waals surface area contributed by atoms with Gasteiger partial charge in [-0.2, -0.15) is 5.26 Å². The second kappa shape index (κ2) is 9.82. The maximum Gasteiger partial charge on any atom is 0.318 e. The Morgan fingerprint density at radius 3 is 2.10 bits per heavy atom. The van der Waals surface area contributed by atoms with E-state index in [1.807, 2.05) is 6.92 Å².